The number of hydrogen-bond acceptors (Lipinski definition) is 5. The number of aromatic nitrogens is 2. The number of likely N-dealkylation sites (N-methyl/N-ethyl adjacent to an activating group) is 1. The standard InChI is InChI=1S/C17H22N4O/c1-18-17(12-21-6-8-22-9-7-21)15-4-2-14(3-5-15)16-10-19-13-20-11-16/h2-5,10-11,13,17-18H,6-9,12H2,1H3. The normalized spacial score (nSPS) is 17.3. The van der Waals surface area contributed by atoms with Gasteiger partial charge in [-0.25, -0.2) is 9.97 Å². The highest BCUT2D eigenvalue weighted by Gasteiger charge is 2.16. The molecular formula is C17H22N4O. The minimum Gasteiger partial charge on any atom is -0.379 e. The first-order valence-electron chi connectivity index (χ1n) is 7.69. The fourth-order valence-corrected chi connectivity index (χ4v) is 2.76. The molecule has 1 unspecified atom stereocenters. The van der Waals surface area contributed by atoms with Crippen LogP contribution >= 0.6 is 0 Å². The van der Waals surface area contributed by atoms with Crippen LogP contribution in [0.2, 0.25) is 0 Å². The number of ether oxygens (including phenoxy) is 1. The topological polar surface area (TPSA) is 50.3 Å². The van der Waals surface area contributed by atoms with E-state index < -0.39 is 0 Å². The zero-order valence-electron chi connectivity index (χ0n) is 12.9. The molecule has 1 aliphatic heterocycles. The summed E-state index contributed by atoms with van der Waals surface area (Å²) in [5, 5.41) is 3.42. The molecule has 0 saturated carbocycles. The lowest BCUT2D eigenvalue weighted by atomic mass is 10.0. The second-order valence-electron chi connectivity index (χ2n) is 5.50. The van der Waals surface area contributed by atoms with Gasteiger partial charge in [0.1, 0.15) is 6.33 Å². The maximum atomic E-state index is 5.41. The van der Waals surface area contributed by atoms with Crippen molar-refractivity contribution in [2.45, 2.75) is 6.04 Å². The monoisotopic (exact) mass is 298 g/mol. The number of hydrogen-bond donors (Lipinski definition) is 1. The van der Waals surface area contributed by atoms with E-state index in [1.54, 1.807) is 6.33 Å². The highest BCUT2D eigenvalue weighted by atomic mass is 16.5. The Balaban J connectivity index is 1.70. The lowest BCUT2D eigenvalue weighted by Gasteiger charge is -2.30. The van der Waals surface area contributed by atoms with Crippen LogP contribution in [0.4, 0.5) is 0 Å². The highest BCUT2D eigenvalue weighted by molar-refractivity contribution is 5.61. The van der Waals surface area contributed by atoms with Crippen molar-refractivity contribution in [1.82, 2.24) is 20.2 Å². The lowest BCUT2D eigenvalue weighted by Crippen LogP contribution is -2.41. The molecule has 1 saturated heterocycles. The molecule has 1 aromatic heterocycles. The van der Waals surface area contributed by atoms with Gasteiger partial charge in [-0.15, -0.1) is 0 Å². The van der Waals surface area contributed by atoms with Crippen LogP contribution in [0.15, 0.2) is 43.0 Å². The van der Waals surface area contributed by atoms with E-state index in [4.69, 9.17) is 4.74 Å². The minimum atomic E-state index is 0.333. The molecule has 0 radical (unpaired) electrons. The van der Waals surface area contributed by atoms with Gasteiger partial charge in [-0.1, -0.05) is 24.3 Å². The molecular weight excluding hydrogens is 276 g/mol. The molecule has 1 atom stereocenters. The largest absolute Gasteiger partial charge is 0.379 e. The summed E-state index contributed by atoms with van der Waals surface area (Å²) in [6.45, 7) is 4.70. The van der Waals surface area contributed by atoms with Crippen LogP contribution in [-0.2, 0) is 4.74 Å². The smallest absolute Gasteiger partial charge is 0.115 e. The predicted octanol–water partition coefficient (Wildman–Crippen LogP) is 1.74. The van der Waals surface area contributed by atoms with Crippen LogP contribution in [-0.4, -0.2) is 54.8 Å². The molecule has 0 bridgehead atoms. The Morgan fingerprint density at radius 3 is 2.41 bits per heavy atom. The SMILES string of the molecule is CNC(CN1CCOCC1)c1ccc(-c2cncnc2)cc1. The number of nitrogens with zero attached hydrogens (tertiary/aromatic N) is 3. The molecule has 5 heteroatoms. The van der Waals surface area contributed by atoms with Gasteiger partial charge in [0.15, 0.2) is 0 Å². The van der Waals surface area contributed by atoms with Crippen molar-refractivity contribution in [2.75, 3.05) is 39.9 Å². The zero-order valence-corrected chi connectivity index (χ0v) is 12.9. The summed E-state index contributed by atoms with van der Waals surface area (Å²) in [7, 11) is 2.02. The Morgan fingerprint density at radius 2 is 1.77 bits per heavy atom. The van der Waals surface area contributed by atoms with Gasteiger partial charge in [0.25, 0.3) is 0 Å². The van der Waals surface area contributed by atoms with Gasteiger partial charge in [-0.3, -0.25) is 4.90 Å². The van der Waals surface area contributed by atoms with Crippen LogP contribution < -0.4 is 5.32 Å². The summed E-state index contributed by atoms with van der Waals surface area (Å²) < 4.78 is 5.41. The third-order valence-electron chi connectivity index (χ3n) is 4.10. The van der Waals surface area contributed by atoms with Crippen molar-refractivity contribution in [3.05, 3.63) is 48.5 Å². The molecule has 3 rings (SSSR count). The van der Waals surface area contributed by atoms with E-state index in [1.165, 1.54) is 5.56 Å². The van der Waals surface area contributed by atoms with E-state index in [0.717, 1.165) is 44.0 Å². The third kappa shape index (κ3) is 3.68. The minimum absolute atomic E-state index is 0.333. The summed E-state index contributed by atoms with van der Waals surface area (Å²) >= 11 is 0. The predicted molar refractivity (Wildman–Crippen MR) is 86.5 cm³/mol. The van der Waals surface area contributed by atoms with Crippen LogP contribution in [0.1, 0.15) is 11.6 Å². The van der Waals surface area contributed by atoms with Crippen molar-refractivity contribution in [3.8, 4) is 11.1 Å². The first kappa shape index (κ1) is 15.1. The molecule has 5 nitrogen and oxygen atoms in total. The molecule has 1 aromatic carbocycles. The summed E-state index contributed by atoms with van der Waals surface area (Å²) in [6.07, 6.45) is 5.23. The van der Waals surface area contributed by atoms with Gasteiger partial charge in [0.05, 0.1) is 13.2 Å². The van der Waals surface area contributed by atoms with E-state index in [1.807, 2.05) is 19.4 Å². The molecule has 2 aromatic rings. The Kier molecular flexibility index (Phi) is 5.11. The molecule has 1 aliphatic rings. The third-order valence-corrected chi connectivity index (χ3v) is 4.10. The van der Waals surface area contributed by atoms with E-state index in [0.29, 0.717) is 6.04 Å². The van der Waals surface area contributed by atoms with Gasteiger partial charge >= 0.3 is 0 Å². The Morgan fingerprint density at radius 1 is 1.09 bits per heavy atom. The zero-order chi connectivity index (χ0) is 15.2. The number of rotatable bonds is 5. The molecule has 0 amide bonds. The van der Waals surface area contributed by atoms with Crippen LogP contribution in [0.5, 0.6) is 0 Å². The molecule has 116 valence electrons. The second kappa shape index (κ2) is 7.45. The van der Waals surface area contributed by atoms with Gasteiger partial charge in [0, 0.05) is 43.6 Å². The van der Waals surface area contributed by atoms with Crippen molar-refractivity contribution in [1.29, 1.82) is 0 Å². The van der Waals surface area contributed by atoms with Gasteiger partial charge in [-0.2, -0.15) is 0 Å². The maximum absolute atomic E-state index is 5.41. The van der Waals surface area contributed by atoms with Gasteiger partial charge in [-0.05, 0) is 18.2 Å². The van der Waals surface area contributed by atoms with Crippen molar-refractivity contribution >= 4 is 0 Å². The average Bonchev–Trinajstić information content (AvgIpc) is 2.61. The van der Waals surface area contributed by atoms with E-state index >= 15 is 0 Å². The molecule has 0 spiro atoms. The summed E-state index contributed by atoms with van der Waals surface area (Å²) in [5.41, 5.74) is 3.49. The van der Waals surface area contributed by atoms with Crippen LogP contribution in [0.3, 0.4) is 0 Å². The fourth-order valence-electron chi connectivity index (χ4n) is 2.76. The van der Waals surface area contributed by atoms with Crippen molar-refractivity contribution in [3.63, 3.8) is 0 Å². The first-order chi connectivity index (χ1) is 10.9. The first-order valence-corrected chi connectivity index (χ1v) is 7.69. The molecule has 0 aliphatic carbocycles. The molecule has 1 N–H and O–H groups in total. The second-order valence-corrected chi connectivity index (χ2v) is 5.50. The fraction of sp³-hybridized carbons (Fsp3) is 0.412. The quantitative estimate of drug-likeness (QED) is 0.911. The summed E-state index contributed by atoms with van der Waals surface area (Å²) in [4.78, 5) is 10.6. The van der Waals surface area contributed by atoms with Crippen molar-refractivity contribution in [2.24, 2.45) is 0 Å². The maximum Gasteiger partial charge on any atom is 0.115 e. The van der Waals surface area contributed by atoms with E-state index in [9.17, 15) is 0 Å². The van der Waals surface area contributed by atoms with E-state index in [-0.39, 0.29) is 0 Å². The number of morpholine rings is 1. The Hall–Kier alpha value is -1.82. The van der Waals surface area contributed by atoms with Gasteiger partial charge in [0.2, 0.25) is 0 Å². The van der Waals surface area contributed by atoms with Crippen LogP contribution in [0.25, 0.3) is 11.1 Å². The summed E-state index contributed by atoms with van der Waals surface area (Å²) in [6, 6.07) is 8.97. The number of nitrogens with one attached hydrogen (secondary N) is 1. The molecule has 22 heavy (non-hydrogen) atoms. The van der Waals surface area contributed by atoms with Crippen LogP contribution in [0, 0.1) is 0 Å². The van der Waals surface area contributed by atoms with Crippen molar-refractivity contribution < 1.29 is 4.74 Å². The lowest BCUT2D eigenvalue weighted by molar-refractivity contribution is 0.0338. The molecule has 2 heterocycles. The Bertz CT molecular complexity index is 567. The Labute approximate surface area is 131 Å². The molecule has 1 fully saturated rings. The van der Waals surface area contributed by atoms with Gasteiger partial charge < -0.3 is 10.1 Å². The summed E-state index contributed by atoms with van der Waals surface area (Å²) in [5.74, 6) is 0. The van der Waals surface area contributed by atoms with E-state index in [2.05, 4.69) is 44.5 Å². The average molecular weight is 298 g/mol. The highest BCUT2D eigenvalue weighted by Crippen LogP contribution is 2.21. The number of benzene rings is 1.